The van der Waals surface area contributed by atoms with E-state index in [1.165, 1.54) is 0 Å². The molecule has 0 aliphatic heterocycles. The molecule has 0 atom stereocenters. The maximum Gasteiger partial charge on any atom is 0.196 e. The van der Waals surface area contributed by atoms with E-state index in [0.717, 1.165) is 5.56 Å². The van der Waals surface area contributed by atoms with Crippen molar-refractivity contribution in [2.24, 2.45) is 0 Å². The van der Waals surface area contributed by atoms with E-state index in [1.807, 2.05) is 6.92 Å². The SMILES string of the molecule is Cc1cc(Cl)c(C(=O)c2ccc(Cl)cc2)c(Cl)c1. The number of rotatable bonds is 2. The monoisotopic (exact) mass is 298 g/mol. The zero-order chi connectivity index (χ0) is 13.3. The second-order valence-electron chi connectivity index (χ2n) is 3.94. The fourth-order valence-electron chi connectivity index (χ4n) is 1.66. The molecule has 0 fully saturated rings. The van der Waals surface area contributed by atoms with Crippen LogP contribution in [0.3, 0.4) is 0 Å². The molecule has 0 aliphatic carbocycles. The second kappa shape index (κ2) is 5.31. The van der Waals surface area contributed by atoms with Gasteiger partial charge in [0.1, 0.15) is 0 Å². The number of hydrogen-bond acceptors (Lipinski definition) is 1. The summed E-state index contributed by atoms with van der Waals surface area (Å²) in [5.41, 5.74) is 1.75. The van der Waals surface area contributed by atoms with E-state index in [0.29, 0.717) is 26.2 Å². The van der Waals surface area contributed by atoms with Crippen LogP contribution >= 0.6 is 34.8 Å². The van der Waals surface area contributed by atoms with E-state index < -0.39 is 0 Å². The zero-order valence-electron chi connectivity index (χ0n) is 9.51. The Morgan fingerprint density at radius 2 is 1.44 bits per heavy atom. The summed E-state index contributed by atoms with van der Waals surface area (Å²) < 4.78 is 0. The predicted molar refractivity (Wildman–Crippen MR) is 76.1 cm³/mol. The lowest BCUT2D eigenvalue weighted by atomic mass is 10.0. The molecular weight excluding hydrogens is 291 g/mol. The Morgan fingerprint density at radius 3 is 1.94 bits per heavy atom. The minimum Gasteiger partial charge on any atom is -0.288 e. The lowest BCUT2D eigenvalue weighted by Gasteiger charge is -2.07. The molecule has 4 heteroatoms. The van der Waals surface area contributed by atoms with Gasteiger partial charge in [-0.3, -0.25) is 4.79 Å². The molecular formula is C14H9Cl3O. The lowest BCUT2D eigenvalue weighted by Crippen LogP contribution is -2.03. The van der Waals surface area contributed by atoms with Crippen molar-refractivity contribution in [2.75, 3.05) is 0 Å². The van der Waals surface area contributed by atoms with Gasteiger partial charge in [0.15, 0.2) is 5.78 Å². The molecule has 0 spiro atoms. The van der Waals surface area contributed by atoms with Crippen LogP contribution in [0.1, 0.15) is 21.5 Å². The Kier molecular flexibility index (Phi) is 3.96. The molecule has 0 saturated carbocycles. The second-order valence-corrected chi connectivity index (χ2v) is 5.19. The van der Waals surface area contributed by atoms with Crippen LogP contribution in [0.4, 0.5) is 0 Å². The van der Waals surface area contributed by atoms with Gasteiger partial charge < -0.3 is 0 Å². The van der Waals surface area contributed by atoms with E-state index in [2.05, 4.69) is 0 Å². The summed E-state index contributed by atoms with van der Waals surface area (Å²) >= 11 is 17.9. The summed E-state index contributed by atoms with van der Waals surface area (Å²) in [7, 11) is 0. The molecule has 0 bridgehead atoms. The van der Waals surface area contributed by atoms with Gasteiger partial charge in [-0.15, -0.1) is 0 Å². The molecule has 0 amide bonds. The van der Waals surface area contributed by atoms with Crippen molar-refractivity contribution in [3.63, 3.8) is 0 Å². The summed E-state index contributed by atoms with van der Waals surface area (Å²) in [6.07, 6.45) is 0. The molecule has 92 valence electrons. The minimum absolute atomic E-state index is 0.207. The van der Waals surface area contributed by atoms with Crippen molar-refractivity contribution in [2.45, 2.75) is 6.92 Å². The summed E-state index contributed by atoms with van der Waals surface area (Å²) in [6.45, 7) is 1.87. The maximum atomic E-state index is 12.3. The van der Waals surface area contributed by atoms with Crippen molar-refractivity contribution in [3.05, 3.63) is 68.2 Å². The third-order valence-electron chi connectivity index (χ3n) is 2.52. The quantitative estimate of drug-likeness (QED) is 0.698. The van der Waals surface area contributed by atoms with Crippen LogP contribution in [0.5, 0.6) is 0 Å². The molecule has 0 heterocycles. The number of hydrogen-bond donors (Lipinski definition) is 0. The van der Waals surface area contributed by atoms with Gasteiger partial charge in [-0.05, 0) is 48.9 Å². The number of carbonyl (C=O) groups excluding carboxylic acids is 1. The van der Waals surface area contributed by atoms with E-state index in [1.54, 1.807) is 36.4 Å². The van der Waals surface area contributed by atoms with Gasteiger partial charge in [0, 0.05) is 10.6 Å². The fourth-order valence-corrected chi connectivity index (χ4v) is 2.56. The first-order chi connectivity index (χ1) is 8.49. The van der Waals surface area contributed by atoms with Gasteiger partial charge in [-0.1, -0.05) is 34.8 Å². The third kappa shape index (κ3) is 2.69. The first kappa shape index (κ1) is 13.4. The van der Waals surface area contributed by atoms with Crippen LogP contribution in [-0.4, -0.2) is 5.78 Å². The van der Waals surface area contributed by atoms with Crippen molar-refractivity contribution in [1.29, 1.82) is 0 Å². The summed E-state index contributed by atoms with van der Waals surface area (Å²) in [4.78, 5) is 12.3. The topological polar surface area (TPSA) is 17.1 Å². The Hall–Kier alpha value is -1.02. The minimum atomic E-state index is -0.207. The number of carbonyl (C=O) groups is 1. The van der Waals surface area contributed by atoms with E-state index in [-0.39, 0.29) is 5.78 Å². The zero-order valence-corrected chi connectivity index (χ0v) is 11.8. The van der Waals surface area contributed by atoms with Crippen LogP contribution in [0, 0.1) is 6.92 Å². The van der Waals surface area contributed by atoms with Crippen LogP contribution in [0.15, 0.2) is 36.4 Å². The first-order valence-electron chi connectivity index (χ1n) is 5.25. The summed E-state index contributed by atoms with van der Waals surface area (Å²) in [6, 6.07) is 10.1. The predicted octanol–water partition coefficient (Wildman–Crippen LogP) is 5.19. The standard InChI is InChI=1S/C14H9Cl3O/c1-8-6-11(16)13(12(17)7-8)14(18)9-2-4-10(15)5-3-9/h2-7H,1H3. The van der Waals surface area contributed by atoms with Gasteiger partial charge in [0.05, 0.1) is 15.6 Å². The molecule has 2 aromatic rings. The fraction of sp³-hybridized carbons (Fsp3) is 0.0714. The number of ketones is 1. The molecule has 0 unspecified atom stereocenters. The normalized spacial score (nSPS) is 10.4. The molecule has 1 nitrogen and oxygen atoms in total. The summed E-state index contributed by atoms with van der Waals surface area (Å²) in [5, 5.41) is 1.30. The number of halogens is 3. The van der Waals surface area contributed by atoms with Gasteiger partial charge in [-0.2, -0.15) is 0 Å². The van der Waals surface area contributed by atoms with Crippen LogP contribution in [-0.2, 0) is 0 Å². The third-order valence-corrected chi connectivity index (χ3v) is 3.37. The summed E-state index contributed by atoms with van der Waals surface area (Å²) in [5.74, 6) is -0.207. The van der Waals surface area contributed by atoms with Crippen molar-refractivity contribution in [1.82, 2.24) is 0 Å². The van der Waals surface area contributed by atoms with Crippen LogP contribution in [0.2, 0.25) is 15.1 Å². The Labute approximate surface area is 120 Å². The van der Waals surface area contributed by atoms with Gasteiger partial charge in [0.25, 0.3) is 0 Å². The van der Waals surface area contributed by atoms with Crippen molar-refractivity contribution < 1.29 is 4.79 Å². The van der Waals surface area contributed by atoms with Crippen LogP contribution < -0.4 is 0 Å². The molecule has 0 aliphatic rings. The van der Waals surface area contributed by atoms with E-state index >= 15 is 0 Å². The lowest BCUT2D eigenvalue weighted by molar-refractivity contribution is 0.103. The average Bonchev–Trinajstić information content (AvgIpc) is 2.28. The van der Waals surface area contributed by atoms with Gasteiger partial charge in [0.2, 0.25) is 0 Å². The van der Waals surface area contributed by atoms with Crippen molar-refractivity contribution in [3.8, 4) is 0 Å². The Bertz CT molecular complexity index is 580. The van der Waals surface area contributed by atoms with E-state index in [4.69, 9.17) is 34.8 Å². The highest BCUT2D eigenvalue weighted by Gasteiger charge is 2.17. The van der Waals surface area contributed by atoms with E-state index in [9.17, 15) is 4.79 Å². The number of aryl methyl sites for hydroxylation is 1. The molecule has 0 radical (unpaired) electrons. The van der Waals surface area contributed by atoms with Crippen molar-refractivity contribution >= 4 is 40.6 Å². The van der Waals surface area contributed by atoms with Gasteiger partial charge in [-0.25, -0.2) is 0 Å². The average molecular weight is 300 g/mol. The molecule has 2 rings (SSSR count). The highest BCUT2D eigenvalue weighted by molar-refractivity contribution is 6.41. The maximum absolute atomic E-state index is 12.3. The first-order valence-corrected chi connectivity index (χ1v) is 6.38. The van der Waals surface area contributed by atoms with Crippen LogP contribution in [0.25, 0.3) is 0 Å². The van der Waals surface area contributed by atoms with Gasteiger partial charge >= 0.3 is 0 Å². The smallest absolute Gasteiger partial charge is 0.196 e. The molecule has 2 aromatic carbocycles. The largest absolute Gasteiger partial charge is 0.288 e. The molecule has 0 N–H and O–H groups in total. The molecule has 18 heavy (non-hydrogen) atoms. The highest BCUT2D eigenvalue weighted by atomic mass is 35.5. The molecule has 0 aromatic heterocycles. The Morgan fingerprint density at radius 1 is 0.944 bits per heavy atom. The highest BCUT2D eigenvalue weighted by Crippen LogP contribution is 2.29. The Balaban J connectivity index is 2.49. The number of benzene rings is 2. The molecule has 0 saturated heterocycles.